The van der Waals surface area contributed by atoms with Gasteiger partial charge >= 0.3 is 41.3 Å². The summed E-state index contributed by atoms with van der Waals surface area (Å²) >= 11 is 7.48. The normalized spacial score (nSPS) is 20.0. The van der Waals surface area contributed by atoms with Crippen LogP contribution in [0.15, 0.2) is 200 Å². The van der Waals surface area contributed by atoms with E-state index in [1.165, 1.54) is 39.7 Å². The van der Waals surface area contributed by atoms with Gasteiger partial charge in [-0.25, -0.2) is 46.3 Å². The molecule has 2 aliphatic heterocycles. The number of azide groups is 1. The van der Waals surface area contributed by atoms with E-state index in [0.29, 0.717) is 0 Å². The topological polar surface area (TPSA) is 300 Å². The second kappa shape index (κ2) is 32.0. The van der Waals surface area contributed by atoms with Gasteiger partial charge in [0.25, 0.3) is 0 Å². The average molecular weight is 1380 g/mol. The third kappa shape index (κ3) is 18.0. The zero-order valence-electron chi connectivity index (χ0n) is 52.5. The van der Waals surface area contributed by atoms with Crippen LogP contribution in [0, 0.1) is 5.92 Å². The first-order valence-corrected chi connectivity index (χ1v) is 34.6. The first-order valence-electron chi connectivity index (χ1n) is 29.9. The molecule has 0 radical (unpaired) electrons. The Balaban J connectivity index is 0.00000138. The van der Waals surface area contributed by atoms with Crippen molar-refractivity contribution in [3.05, 3.63) is 244 Å². The standard InChI is InChI=1S/C66H67ClN5O15Si.CHF3O3S/c1-42(2)66(3,4)88(5,6)87-53(49(67)37-69-70-68)50-38-71(58-56(85-64(77)47-33-21-11-22-34-47)54(83-62(75)45-29-17-9-18-30-45)51(81-58)39-79-60(73)43-25-13-7-14-26-43)41-72(50)59-57(86-65(78)48-35-23-12-24-36-48)55(84-63(76)46-31-19-10-20-32-46)52(82-59)40-80-61(74)44-27-15-8-16-28-44;2-1(3,4)8(5,6)7/h7-36,38,41-42,49,51-59H,37,39-40H2,1-6H3;(H,5,6,7)/q+1;/p-1/t49-,51+,52+,53+,54+,55+,56+,57+,58+,59+;/m0./s1. The summed E-state index contributed by atoms with van der Waals surface area (Å²) in [6.07, 6.45) is -10.2. The highest BCUT2D eigenvalue weighted by molar-refractivity contribution is 7.86. The number of benzene rings is 6. The molecule has 0 bridgehead atoms. The summed E-state index contributed by atoms with van der Waals surface area (Å²) in [6, 6.07) is 48.8. The molecule has 0 unspecified atom stereocenters. The van der Waals surface area contributed by atoms with Crippen LogP contribution in [-0.2, 0) is 52.4 Å². The number of ether oxygens (including phenoxy) is 8. The van der Waals surface area contributed by atoms with E-state index in [0.717, 1.165) is 0 Å². The lowest BCUT2D eigenvalue weighted by molar-refractivity contribution is -0.765. The zero-order chi connectivity index (χ0) is 69.5. The Bertz CT molecular complexity index is 3980. The number of imidazole rings is 1. The highest BCUT2D eigenvalue weighted by Gasteiger charge is 2.58. The SMILES string of the molecule is CC(C)C(C)(C)[Si](C)(C)O[C@@H](c1c[n+]([C@@H]2O[C@H](COC(=O)c3ccccc3)[C@@H](OC(=O)c3ccccc3)[C@H]2OC(=O)c2ccccc2)cn1[C@@H]1O[C@H](COC(=O)c2ccccc2)[C@@H](OC(=O)c2ccccc2)[C@H]1OC(=O)c1ccccc1)[C@@H](Cl)CN=[N+]=[N-].O=S(=O)([O-])C(F)(F)F. The molecule has 2 aliphatic rings. The van der Waals surface area contributed by atoms with Crippen molar-refractivity contribution in [1.29, 1.82) is 0 Å². The van der Waals surface area contributed by atoms with Crippen molar-refractivity contribution in [1.82, 2.24) is 4.57 Å². The molecule has 10 atom stereocenters. The lowest BCUT2D eigenvalue weighted by Crippen LogP contribution is -2.48. The number of halogens is 4. The number of alkyl halides is 4. The number of hydrogen-bond acceptors (Lipinski definition) is 19. The van der Waals surface area contributed by atoms with Gasteiger partial charge in [-0.2, -0.15) is 13.2 Å². The number of hydrogen-bond donors (Lipinski definition) is 0. The molecule has 7 aromatic rings. The van der Waals surface area contributed by atoms with Crippen LogP contribution >= 0.6 is 11.6 Å². The molecule has 29 heteroatoms. The zero-order valence-corrected chi connectivity index (χ0v) is 55.0. The van der Waals surface area contributed by atoms with Crippen molar-refractivity contribution in [2.45, 2.75) is 112 Å². The third-order valence-corrected chi connectivity index (χ3v) is 21.9. The second-order valence-electron chi connectivity index (χ2n) is 23.3. The number of rotatable bonds is 24. The molecule has 3 heterocycles. The monoisotopic (exact) mass is 1380 g/mol. The van der Waals surface area contributed by atoms with Gasteiger partial charge in [0.2, 0.25) is 31.0 Å². The Labute approximate surface area is 556 Å². The van der Waals surface area contributed by atoms with E-state index in [-0.39, 0.29) is 51.5 Å². The van der Waals surface area contributed by atoms with Gasteiger partial charge in [-0.05, 0) is 102 Å². The molecule has 1 aromatic heterocycles. The van der Waals surface area contributed by atoms with Crippen LogP contribution < -0.4 is 4.57 Å². The summed E-state index contributed by atoms with van der Waals surface area (Å²) in [5, 5.41) is 2.26. The Morgan fingerprint density at radius 1 is 0.604 bits per heavy atom. The van der Waals surface area contributed by atoms with Gasteiger partial charge in [0, 0.05) is 11.5 Å². The fraction of sp³-hybridized carbons (Fsp3) is 0.328. The van der Waals surface area contributed by atoms with E-state index >= 15 is 0 Å². The lowest BCUT2D eigenvalue weighted by Gasteiger charge is -2.44. The van der Waals surface area contributed by atoms with Gasteiger partial charge < -0.3 is 46.9 Å². The predicted molar refractivity (Wildman–Crippen MR) is 338 cm³/mol. The third-order valence-electron chi connectivity index (χ3n) is 16.4. The highest BCUT2D eigenvalue weighted by atomic mass is 35.5. The van der Waals surface area contributed by atoms with Crippen LogP contribution in [-0.4, -0.2) is 129 Å². The van der Waals surface area contributed by atoms with E-state index in [9.17, 15) is 47.5 Å². The molecule has 9 rings (SSSR count). The fourth-order valence-corrected chi connectivity index (χ4v) is 13.1. The average Bonchev–Trinajstić information content (AvgIpc) is 1.57. The molecule has 0 spiro atoms. The van der Waals surface area contributed by atoms with Crippen LogP contribution in [0.3, 0.4) is 0 Å². The van der Waals surface area contributed by atoms with Crippen LogP contribution in [0.1, 0.15) is 114 Å². The van der Waals surface area contributed by atoms with Gasteiger partial charge in [-0.3, -0.25) is 0 Å². The van der Waals surface area contributed by atoms with E-state index in [2.05, 4.69) is 37.7 Å². The van der Waals surface area contributed by atoms with Gasteiger partial charge in [0.15, 0.2) is 36.3 Å². The van der Waals surface area contributed by atoms with Crippen LogP contribution in [0.2, 0.25) is 18.1 Å². The van der Waals surface area contributed by atoms with Crippen LogP contribution in [0.5, 0.6) is 0 Å². The van der Waals surface area contributed by atoms with Crippen LogP contribution in [0.4, 0.5) is 13.2 Å². The maximum atomic E-state index is 14.6. The number of esters is 6. The van der Waals surface area contributed by atoms with Crippen molar-refractivity contribution in [2.75, 3.05) is 19.8 Å². The Kier molecular flexibility index (Phi) is 24.2. The van der Waals surface area contributed by atoms with Gasteiger partial charge in [-0.1, -0.05) is 142 Å². The molecular weight excluding hydrogens is 1320 g/mol. The Morgan fingerprint density at radius 3 is 1.29 bits per heavy atom. The van der Waals surface area contributed by atoms with Gasteiger partial charge in [-0.15, -0.1) is 11.6 Å². The molecule has 0 aliphatic carbocycles. The lowest BCUT2D eigenvalue weighted by atomic mass is 9.99. The van der Waals surface area contributed by atoms with E-state index in [1.807, 2.05) is 13.1 Å². The minimum Gasteiger partial charge on any atom is -0.741 e. The summed E-state index contributed by atoms with van der Waals surface area (Å²) in [4.78, 5) is 88.3. The molecule has 6 aromatic carbocycles. The predicted octanol–water partition coefficient (Wildman–Crippen LogP) is 11.9. The van der Waals surface area contributed by atoms with E-state index in [1.54, 1.807) is 164 Å². The quantitative estimate of drug-likeness (QED) is 0.00518. The molecule has 0 N–H and O–H groups in total. The molecule has 0 saturated carbocycles. The first-order chi connectivity index (χ1) is 45.6. The molecule has 0 amide bonds. The summed E-state index contributed by atoms with van der Waals surface area (Å²) < 4.78 is 121. The van der Waals surface area contributed by atoms with Crippen molar-refractivity contribution >= 4 is 65.9 Å². The second-order valence-corrected chi connectivity index (χ2v) is 29.8. The summed E-state index contributed by atoms with van der Waals surface area (Å²) in [7, 11) is -9.14. The number of nitrogens with zero attached hydrogens (tertiary/aromatic N) is 5. The molecule has 23 nitrogen and oxygen atoms in total. The number of carbonyl (C=O) groups excluding carboxylic acids is 6. The summed E-state index contributed by atoms with van der Waals surface area (Å²) in [6.45, 7) is 11.0. The molecule has 2 fully saturated rings. The maximum Gasteiger partial charge on any atom is 0.485 e. The molecule has 506 valence electrons. The fourth-order valence-electron chi connectivity index (χ4n) is 10.1. The first kappa shape index (κ1) is 72.6. The maximum absolute atomic E-state index is 14.6. The molecule has 96 heavy (non-hydrogen) atoms. The summed E-state index contributed by atoms with van der Waals surface area (Å²) in [5.41, 5.74) is 5.24. The smallest absolute Gasteiger partial charge is 0.485 e. The van der Waals surface area contributed by atoms with Crippen molar-refractivity contribution in [2.24, 2.45) is 11.0 Å². The van der Waals surface area contributed by atoms with Crippen molar-refractivity contribution in [3.8, 4) is 0 Å². The van der Waals surface area contributed by atoms with E-state index in [4.69, 9.17) is 66.9 Å². The van der Waals surface area contributed by atoms with Crippen molar-refractivity contribution in [3.63, 3.8) is 0 Å². The number of carbonyl (C=O) groups is 6. The highest BCUT2D eigenvalue weighted by Crippen LogP contribution is 2.48. The minimum atomic E-state index is -6.09. The largest absolute Gasteiger partial charge is 0.741 e. The Morgan fingerprint density at radius 2 is 0.938 bits per heavy atom. The van der Waals surface area contributed by atoms with Gasteiger partial charge in [0.1, 0.15) is 37.7 Å². The number of aromatic nitrogens is 2. The molecular formula is C67H67ClF3N5O18SSi. The van der Waals surface area contributed by atoms with Gasteiger partial charge in [0.05, 0.1) is 38.8 Å². The summed E-state index contributed by atoms with van der Waals surface area (Å²) in [5.74, 6) is -4.77. The molecule has 2 saturated heterocycles. The van der Waals surface area contributed by atoms with Crippen LogP contribution in [0.25, 0.3) is 10.4 Å². The van der Waals surface area contributed by atoms with Crippen molar-refractivity contribution < 1.29 is 102 Å². The Hall–Kier alpha value is -9.25. The minimum absolute atomic E-state index is 0.0622. The van der Waals surface area contributed by atoms with E-state index < -0.39 is 139 Å².